The Hall–Kier alpha value is -4.77. The summed E-state index contributed by atoms with van der Waals surface area (Å²) in [6, 6.07) is 31.7. The Bertz CT molecular complexity index is 1960. The smallest absolute Gasteiger partial charge is 0.238 e. The van der Waals surface area contributed by atoms with Crippen LogP contribution >= 0.6 is 0 Å². The van der Waals surface area contributed by atoms with Crippen LogP contribution in [0.2, 0.25) is 0 Å². The molecule has 3 heterocycles. The topological polar surface area (TPSA) is 48.0 Å². The SMILES string of the molecule is Cc1ccc(-c2cc(-c3ccc(C)cc3C)nc(-n3c4ccccc4n4c5ccccc5nc34)n2)c(C)c1. The fourth-order valence-electron chi connectivity index (χ4n) is 5.56. The molecule has 5 nitrogen and oxygen atoms in total. The van der Waals surface area contributed by atoms with Gasteiger partial charge in [-0.15, -0.1) is 0 Å². The highest BCUT2D eigenvalue weighted by Gasteiger charge is 2.20. The van der Waals surface area contributed by atoms with Crippen molar-refractivity contribution in [2.24, 2.45) is 0 Å². The first-order valence-corrected chi connectivity index (χ1v) is 12.9. The third-order valence-corrected chi connectivity index (χ3v) is 7.34. The van der Waals surface area contributed by atoms with Crippen molar-refractivity contribution in [1.29, 1.82) is 0 Å². The highest BCUT2D eigenvalue weighted by atomic mass is 15.3. The first-order valence-electron chi connectivity index (χ1n) is 12.9. The second-order valence-corrected chi connectivity index (χ2v) is 10.1. The van der Waals surface area contributed by atoms with Crippen molar-refractivity contribution in [2.45, 2.75) is 27.7 Å². The molecule has 0 unspecified atom stereocenters. The Morgan fingerprint density at radius 3 is 1.68 bits per heavy atom. The number of benzene rings is 4. The number of hydrogen-bond acceptors (Lipinski definition) is 3. The standard InChI is InChI=1S/C33H27N5/c1-20-13-15-24(22(3)17-20)27-19-28(25-16-14-21(2)18-23(25)4)35-32(34-27)38-31-12-8-7-11-30(31)37-29-10-6-5-9-26(29)36-33(37)38/h5-19H,1-4H3. The van der Waals surface area contributed by atoms with E-state index in [1.54, 1.807) is 0 Å². The van der Waals surface area contributed by atoms with Crippen LogP contribution in [0.1, 0.15) is 22.3 Å². The fraction of sp³-hybridized carbons (Fsp3) is 0.121. The van der Waals surface area contributed by atoms with Crippen LogP contribution < -0.4 is 0 Å². The number of fused-ring (bicyclic) bond motifs is 5. The minimum Gasteiger partial charge on any atom is -0.276 e. The van der Waals surface area contributed by atoms with E-state index in [1.165, 1.54) is 22.3 Å². The predicted molar refractivity (Wildman–Crippen MR) is 155 cm³/mol. The van der Waals surface area contributed by atoms with Crippen LogP contribution in [0.3, 0.4) is 0 Å². The van der Waals surface area contributed by atoms with Crippen molar-refractivity contribution in [3.8, 4) is 28.5 Å². The van der Waals surface area contributed by atoms with Gasteiger partial charge in [0.05, 0.1) is 33.5 Å². The minimum absolute atomic E-state index is 0.610. The van der Waals surface area contributed by atoms with Crippen LogP contribution in [0.15, 0.2) is 91.0 Å². The molecule has 0 saturated carbocycles. The largest absolute Gasteiger partial charge is 0.276 e. The summed E-state index contributed by atoms with van der Waals surface area (Å²) in [6.07, 6.45) is 0. The van der Waals surface area contributed by atoms with E-state index in [2.05, 4.69) is 122 Å². The molecular weight excluding hydrogens is 466 g/mol. The van der Waals surface area contributed by atoms with Crippen LogP contribution in [-0.2, 0) is 0 Å². The van der Waals surface area contributed by atoms with E-state index in [-0.39, 0.29) is 0 Å². The molecule has 5 heteroatoms. The number of aryl methyl sites for hydroxylation is 4. The second kappa shape index (κ2) is 8.38. The molecule has 38 heavy (non-hydrogen) atoms. The third-order valence-electron chi connectivity index (χ3n) is 7.34. The van der Waals surface area contributed by atoms with Gasteiger partial charge in [0.1, 0.15) is 0 Å². The van der Waals surface area contributed by atoms with Crippen molar-refractivity contribution in [3.63, 3.8) is 0 Å². The van der Waals surface area contributed by atoms with Crippen molar-refractivity contribution < 1.29 is 0 Å². The molecule has 0 saturated heterocycles. The molecule has 0 aliphatic heterocycles. The lowest BCUT2D eigenvalue weighted by Gasteiger charge is -2.13. The molecule has 0 aliphatic carbocycles. The molecule has 184 valence electrons. The van der Waals surface area contributed by atoms with Crippen molar-refractivity contribution >= 4 is 27.8 Å². The summed E-state index contributed by atoms with van der Waals surface area (Å²) in [6.45, 7) is 8.53. The molecule has 4 aromatic carbocycles. The van der Waals surface area contributed by atoms with Crippen LogP contribution in [0.4, 0.5) is 0 Å². The Morgan fingerprint density at radius 2 is 1.08 bits per heavy atom. The molecule has 0 fully saturated rings. The van der Waals surface area contributed by atoms with Gasteiger partial charge in [-0.3, -0.25) is 4.40 Å². The summed E-state index contributed by atoms with van der Waals surface area (Å²) in [7, 11) is 0. The van der Waals surface area contributed by atoms with Gasteiger partial charge in [0.15, 0.2) is 0 Å². The van der Waals surface area contributed by atoms with E-state index in [1.807, 2.05) is 6.07 Å². The molecule has 0 atom stereocenters. The summed E-state index contributed by atoms with van der Waals surface area (Å²) in [5.41, 5.74) is 13.0. The Labute approximate surface area is 221 Å². The Balaban J connectivity index is 1.59. The van der Waals surface area contributed by atoms with Gasteiger partial charge in [0.2, 0.25) is 11.7 Å². The van der Waals surface area contributed by atoms with Crippen LogP contribution in [-0.4, -0.2) is 23.9 Å². The first kappa shape index (κ1) is 22.4. The maximum atomic E-state index is 5.18. The second-order valence-electron chi connectivity index (χ2n) is 10.1. The monoisotopic (exact) mass is 493 g/mol. The number of imidazole rings is 2. The number of hydrogen-bond donors (Lipinski definition) is 0. The van der Waals surface area contributed by atoms with Crippen LogP contribution in [0, 0.1) is 27.7 Å². The highest BCUT2D eigenvalue weighted by Crippen LogP contribution is 2.32. The predicted octanol–water partition coefficient (Wildman–Crippen LogP) is 7.79. The van der Waals surface area contributed by atoms with Gasteiger partial charge < -0.3 is 0 Å². The van der Waals surface area contributed by atoms with E-state index in [0.717, 1.165) is 50.4 Å². The van der Waals surface area contributed by atoms with Gasteiger partial charge in [0.25, 0.3) is 0 Å². The van der Waals surface area contributed by atoms with E-state index in [4.69, 9.17) is 15.0 Å². The van der Waals surface area contributed by atoms with Crippen molar-refractivity contribution in [3.05, 3.63) is 113 Å². The Morgan fingerprint density at radius 1 is 0.526 bits per heavy atom. The maximum Gasteiger partial charge on any atom is 0.238 e. The van der Waals surface area contributed by atoms with E-state index in [9.17, 15) is 0 Å². The molecule has 0 radical (unpaired) electrons. The molecule has 7 rings (SSSR count). The molecule has 0 spiro atoms. The summed E-state index contributed by atoms with van der Waals surface area (Å²) >= 11 is 0. The zero-order valence-corrected chi connectivity index (χ0v) is 21.9. The summed E-state index contributed by atoms with van der Waals surface area (Å²) in [5.74, 6) is 1.41. The summed E-state index contributed by atoms with van der Waals surface area (Å²) < 4.78 is 4.30. The average molecular weight is 494 g/mol. The number of para-hydroxylation sites is 4. The fourth-order valence-corrected chi connectivity index (χ4v) is 5.56. The summed E-state index contributed by atoms with van der Waals surface area (Å²) in [4.78, 5) is 15.4. The lowest BCUT2D eigenvalue weighted by atomic mass is 9.99. The molecule has 7 aromatic rings. The summed E-state index contributed by atoms with van der Waals surface area (Å²) in [5, 5.41) is 0. The lowest BCUT2D eigenvalue weighted by molar-refractivity contribution is 0.970. The van der Waals surface area contributed by atoms with Crippen molar-refractivity contribution in [1.82, 2.24) is 23.9 Å². The van der Waals surface area contributed by atoms with E-state index in [0.29, 0.717) is 5.95 Å². The molecule has 0 amide bonds. The van der Waals surface area contributed by atoms with Crippen LogP contribution in [0.25, 0.3) is 56.3 Å². The van der Waals surface area contributed by atoms with E-state index < -0.39 is 0 Å². The minimum atomic E-state index is 0.610. The molecule has 0 N–H and O–H groups in total. The molecule has 0 bridgehead atoms. The molecular formula is C33H27N5. The van der Waals surface area contributed by atoms with Crippen molar-refractivity contribution in [2.75, 3.05) is 0 Å². The van der Waals surface area contributed by atoms with Gasteiger partial charge in [0, 0.05) is 11.1 Å². The van der Waals surface area contributed by atoms with Gasteiger partial charge in [-0.2, -0.15) is 0 Å². The highest BCUT2D eigenvalue weighted by molar-refractivity contribution is 5.91. The maximum absolute atomic E-state index is 5.18. The number of nitrogens with zero attached hydrogens (tertiary/aromatic N) is 5. The Kier molecular flexibility index (Phi) is 4.95. The normalized spacial score (nSPS) is 11.7. The van der Waals surface area contributed by atoms with Crippen LogP contribution in [0.5, 0.6) is 0 Å². The lowest BCUT2D eigenvalue weighted by Crippen LogP contribution is -2.05. The molecule has 0 aliphatic rings. The molecule has 3 aromatic heterocycles. The zero-order valence-electron chi connectivity index (χ0n) is 21.9. The zero-order chi connectivity index (χ0) is 26.0. The quantitative estimate of drug-likeness (QED) is 0.252. The van der Waals surface area contributed by atoms with E-state index >= 15 is 0 Å². The van der Waals surface area contributed by atoms with Gasteiger partial charge in [-0.1, -0.05) is 71.8 Å². The first-order chi connectivity index (χ1) is 18.5. The third kappa shape index (κ3) is 3.43. The van der Waals surface area contributed by atoms with Gasteiger partial charge in [-0.05, 0) is 69.2 Å². The number of rotatable bonds is 3. The van der Waals surface area contributed by atoms with Gasteiger partial charge in [-0.25, -0.2) is 19.5 Å². The average Bonchev–Trinajstić information content (AvgIpc) is 3.43. The van der Waals surface area contributed by atoms with Gasteiger partial charge >= 0.3 is 0 Å². The number of aromatic nitrogens is 5.